The lowest BCUT2D eigenvalue weighted by Gasteiger charge is -2.26. The third-order valence-electron chi connectivity index (χ3n) is 6.22. The van der Waals surface area contributed by atoms with E-state index in [1.54, 1.807) is 10.6 Å². The second-order valence-corrected chi connectivity index (χ2v) is 8.84. The van der Waals surface area contributed by atoms with Crippen LogP contribution in [0.5, 0.6) is 5.75 Å². The topological polar surface area (TPSA) is 61.0 Å². The van der Waals surface area contributed by atoms with Crippen LogP contribution in [-0.4, -0.2) is 58.5 Å². The van der Waals surface area contributed by atoms with E-state index in [-0.39, 0.29) is 11.6 Å². The van der Waals surface area contributed by atoms with Gasteiger partial charge in [0, 0.05) is 66.9 Å². The number of benzene rings is 1. The van der Waals surface area contributed by atoms with Gasteiger partial charge in [-0.2, -0.15) is 5.10 Å². The van der Waals surface area contributed by atoms with Crippen LogP contribution in [0.3, 0.4) is 0 Å². The van der Waals surface area contributed by atoms with Crippen LogP contribution in [0, 0.1) is 0 Å². The third kappa shape index (κ3) is 4.62. The maximum absolute atomic E-state index is 12.4. The van der Waals surface area contributed by atoms with Gasteiger partial charge in [-0.1, -0.05) is 30.3 Å². The Kier molecular flexibility index (Phi) is 6.47. The van der Waals surface area contributed by atoms with Gasteiger partial charge in [0.05, 0.1) is 18.7 Å². The van der Waals surface area contributed by atoms with Gasteiger partial charge in [0.2, 0.25) is 0 Å². The fourth-order valence-electron chi connectivity index (χ4n) is 4.37. The molecule has 4 aromatic rings. The standard InChI is InChI=1S/C27H30N4O3/c1-20(2)30-19-22(8-9-25(30)32)26-24-18-23(34-17-14-29-12-15-33-16-13-29)10-11-31(24)28-27(26)21-6-4-3-5-7-21/h3-11,18-20H,12-17H2,1-2H3. The quantitative estimate of drug-likeness (QED) is 0.417. The van der Waals surface area contributed by atoms with Crippen LogP contribution in [0.4, 0.5) is 0 Å². The van der Waals surface area contributed by atoms with Gasteiger partial charge in [0.15, 0.2) is 0 Å². The monoisotopic (exact) mass is 458 g/mol. The first kappa shape index (κ1) is 22.4. The zero-order valence-corrected chi connectivity index (χ0v) is 19.7. The molecule has 7 nitrogen and oxygen atoms in total. The van der Waals surface area contributed by atoms with E-state index in [0.717, 1.165) is 66.5 Å². The molecule has 0 bridgehead atoms. The Morgan fingerprint density at radius 1 is 1.03 bits per heavy atom. The number of hydrogen-bond donors (Lipinski definition) is 0. The van der Waals surface area contributed by atoms with Crippen LogP contribution in [0.1, 0.15) is 19.9 Å². The molecular weight excluding hydrogens is 428 g/mol. The van der Waals surface area contributed by atoms with Crippen LogP contribution in [0.2, 0.25) is 0 Å². The van der Waals surface area contributed by atoms with Gasteiger partial charge < -0.3 is 14.0 Å². The molecule has 0 atom stereocenters. The molecule has 1 fully saturated rings. The van der Waals surface area contributed by atoms with Gasteiger partial charge in [-0.05, 0) is 26.0 Å². The number of hydrogen-bond acceptors (Lipinski definition) is 5. The van der Waals surface area contributed by atoms with Crippen molar-refractivity contribution < 1.29 is 9.47 Å². The summed E-state index contributed by atoms with van der Waals surface area (Å²) in [6.07, 6.45) is 3.87. The van der Waals surface area contributed by atoms with Crippen molar-refractivity contribution in [3.8, 4) is 28.1 Å². The molecule has 0 radical (unpaired) electrons. The van der Waals surface area contributed by atoms with E-state index in [1.165, 1.54) is 0 Å². The van der Waals surface area contributed by atoms with Crippen LogP contribution >= 0.6 is 0 Å². The van der Waals surface area contributed by atoms with Gasteiger partial charge in [0.1, 0.15) is 18.1 Å². The number of ether oxygens (including phenoxy) is 2. The van der Waals surface area contributed by atoms with Crippen LogP contribution in [0.15, 0.2) is 71.8 Å². The Balaban J connectivity index is 1.54. The highest BCUT2D eigenvalue weighted by molar-refractivity contribution is 5.92. The number of fused-ring (bicyclic) bond motifs is 1. The molecule has 5 rings (SSSR count). The molecule has 1 aliphatic heterocycles. The molecule has 34 heavy (non-hydrogen) atoms. The fourth-order valence-corrected chi connectivity index (χ4v) is 4.37. The SMILES string of the molecule is CC(C)n1cc(-c2c(-c3ccccc3)nn3ccc(OCCN4CCOCC4)cc23)ccc1=O. The van der Waals surface area contributed by atoms with Crippen LogP contribution in [0.25, 0.3) is 27.9 Å². The lowest BCUT2D eigenvalue weighted by atomic mass is 10.0. The van der Waals surface area contributed by atoms with E-state index in [1.807, 2.05) is 67.2 Å². The van der Waals surface area contributed by atoms with Crippen molar-refractivity contribution >= 4 is 5.52 Å². The van der Waals surface area contributed by atoms with E-state index < -0.39 is 0 Å². The normalized spacial score (nSPS) is 14.7. The summed E-state index contributed by atoms with van der Waals surface area (Å²) in [7, 11) is 0. The zero-order chi connectivity index (χ0) is 23.5. The van der Waals surface area contributed by atoms with E-state index in [0.29, 0.717) is 6.61 Å². The van der Waals surface area contributed by atoms with Crippen molar-refractivity contribution in [2.24, 2.45) is 0 Å². The van der Waals surface area contributed by atoms with E-state index in [2.05, 4.69) is 17.0 Å². The molecule has 176 valence electrons. The minimum absolute atomic E-state index is 0.0105. The lowest BCUT2D eigenvalue weighted by Crippen LogP contribution is -2.38. The molecule has 0 N–H and O–H groups in total. The number of rotatable bonds is 7. The molecule has 0 amide bonds. The summed E-state index contributed by atoms with van der Waals surface area (Å²) in [5.74, 6) is 0.804. The predicted molar refractivity (Wildman–Crippen MR) is 133 cm³/mol. The first-order valence-corrected chi connectivity index (χ1v) is 11.8. The van der Waals surface area contributed by atoms with Crippen LogP contribution < -0.4 is 10.3 Å². The number of aromatic nitrogens is 3. The summed E-state index contributed by atoms with van der Waals surface area (Å²) in [5.41, 5.74) is 4.77. The molecule has 1 aromatic carbocycles. The highest BCUT2D eigenvalue weighted by atomic mass is 16.5. The van der Waals surface area contributed by atoms with Crippen molar-refractivity contribution in [3.05, 3.63) is 77.3 Å². The molecule has 4 heterocycles. The van der Waals surface area contributed by atoms with Crippen LogP contribution in [-0.2, 0) is 4.74 Å². The summed E-state index contributed by atoms with van der Waals surface area (Å²) < 4.78 is 15.2. The Hall–Kier alpha value is -3.42. The Labute approximate surface area is 199 Å². The van der Waals surface area contributed by atoms with Gasteiger partial charge in [-0.15, -0.1) is 0 Å². The maximum atomic E-state index is 12.4. The minimum Gasteiger partial charge on any atom is -0.492 e. The summed E-state index contributed by atoms with van der Waals surface area (Å²) in [5, 5.41) is 4.90. The van der Waals surface area contributed by atoms with Gasteiger partial charge in [-0.25, -0.2) is 4.52 Å². The number of pyridine rings is 2. The summed E-state index contributed by atoms with van der Waals surface area (Å²) >= 11 is 0. The van der Waals surface area contributed by atoms with Crippen molar-refractivity contribution in [2.45, 2.75) is 19.9 Å². The van der Waals surface area contributed by atoms with E-state index in [4.69, 9.17) is 14.6 Å². The van der Waals surface area contributed by atoms with Gasteiger partial charge in [0.25, 0.3) is 5.56 Å². The highest BCUT2D eigenvalue weighted by Gasteiger charge is 2.18. The largest absolute Gasteiger partial charge is 0.492 e. The minimum atomic E-state index is -0.0105. The predicted octanol–water partition coefficient (Wildman–Crippen LogP) is 4.12. The van der Waals surface area contributed by atoms with Gasteiger partial charge in [-0.3, -0.25) is 9.69 Å². The van der Waals surface area contributed by atoms with Gasteiger partial charge >= 0.3 is 0 Å². The number of morpholine rings is 1. The first-order chi connectivity index (χ1) is 16.6. The average Bonchev–Trinajstić information content (AvgIpc) is 3.24. The smallest absolute Gasteiger partial charge is 0.250 e. The second kappa shape index (κ2) is 9.83. The van der Waals surface area contributed by atoms with E-state index >= 15 is 0 Å². The van der Waals surface area contributed by atoms with Crippen molar-refractivity contribution in [1.29, 1.82) is 0 Å². The molecular formula is C27H30N4O3. The lowest BCUT2D eigenvalue weighted by molar-refractivity contribution is 0.0322. The second-order valence-electron chi connectivity index (χ2n) is 8.84. The molecule has 0 aliphatic carbocycles. The highest BCUT2D eigenvalue weighted by Crippen LogP contribution is 2.36. The summed E-state index contributed by atoms with van der Waals surface area (Å²) in [4.78, 5) is 14.8. The van der Waals surface area contributed by atoms with Crippen molar-refractivity contribution in [1.82, 2.24) is 19.1 Å². The van der Waals surface area contributed by atoms with Crippen molar-refractivity contribution in [3.63, 3.8) is 0 Å². The summed E-state index contributed by atoms with van der Waals surface area (Å²) in [6.45, 7) is 8.97. The van der Waals surface area contributed by atoms with E-state index in [9.17, 15) is 4.79 Å². The Morgan fingerprint density at radius 2 is 1.82 bits per heavy atom. The zero-order valence-electron chi connectivity index (χ0n) is 19.7. The maximum Gasteiger partial charge on any atom is 0.250 e. The molecule has 0 unspecified atom stereocenters. The molecule has 0 saturated carbocycles. The first-order valence-electron chi connectivity index (χ1n) is 11.8. The Morgan fingerprint density at radius 3 is 2.59 bits per heavy atom. The molecule has 1 aliphatic rings. The van der Waals surface area contributed by atoms with Crippen molar-refractivity contribution in [2.75, 3.05) is 39.5 Å². The third-order valence-corrected chi connectivity index (χ3v) is 6.22. The average molecular weight is 459 g/mol. The number of nitrogens with zero attached hydrogens (tertiary/aromatic N) is 4. The summed E-state index contributed by atoms with van der Waals surface area (Å²) in [6, 6.07) is 17.7. The molecule has 7 heteroatoms. The molecule has 0 spiro atoms. The molecule has 1 saturated heterocycles. The fraction of sp³-hybridized carbons (Fsp3) is 0.333. The molecule has 3 aromatic heterocycles. The Bertz CT molecular complexity index is 1320.